The number of ketones is 1. The van der Waals surface area contributed by atoms with E-state index in [9.17, 15) is 9.18 Å². The fourth-order valence-electron chi connectivity index (χ4n) is 1.79. The quantitative estimate of drug-likeness (QED) is 0.777. The van der Waals surface area contributed by atoms with Crippen LogP contribution in [0.1, 0.15) is 18.4 Å². The van der Waals surface area contributed by atoms with E-state index in [0.717, 1.165) is 0 Å². The van der Waals surface area contributed by atoms with Gasteiger partial charge in [-0.2, -0.15) is 0 Å². The second-order valence-electron chi connectivity index (χ2n) is 3.66. The third-order valence-electron chi connectivity index (χ3n) is 2.65. The molecule has 0 amide bonds. The van der Waals surface area contributed by atoms with Crippen LogP contribution in [0.2, 0.25) is 0 Å². The summed E-state index contributed by atoms with van der Waals surface area (Å²) in [6.07, 6.45) is 0.888. The number of hydrogen-bond acceptors (Lipinski definition) is 3. The molecule has 0 heterocycles. The van der Waals surface area contributed by atoms with Crippen molar-refractivity contribution in [1.29, 1.82) is 0 Å². The molecule has 16 heavy (non-hydrogen) atoms. The maximum absolute atomic E-state index is 13.3. The Bertz CT molecular complexity index is 511. The zero-order valence-electron chi connectivity index (χ0n) is 8.39. The lowest BCUT2D eigenvalue weighted by Gasteiger charge is -2.09. The normalized spacial score (nSPS) is 16.0. The maximum atomic E-state index is 13.3. The molecule has 0 saturated carbocycles. The number of hydrogen-bond donors (Lipinski definition) is 2. The standard InChI is InChI=1S/C11H10BrFN2O/c12-8-4-5(13)3-7(10(8)14)6-1-2-9(16)11(6)15/h3-4H,1-2,14-15H2. The first kappa shape index (κ1) is 11.1. The van der Waals surface area contributed by atoms with E-state index in [4.69, 9.17) is 11.5 Å². The molecule has 0 bridgehead atoms. The number of carbonyl (C=O) groups is 1. The minimum Gasteiger partial charge on any atom is -0.397 e. The lowest BCUT2D eigenvalue weighted by Crippen LogP contribution is -2.07. The van der Waals surface area contributed by atoms with Crippen LogP contribution in [0.15, 0.2) is 22.3 Å². The van der Waals surface area contributed by atoms with Crippen molar-refractivity contribution in [3.63, 3.8) is 0 Å². The van der Waals surface area contributed by atoms with Gasteiger partial charge in [0.1, 0.15) is 5.82 Å². The van der Waals surface area contributed by atoms with Gasteiger partial charge >= 0.3 is 0 Å². The minimum absolute atomic E-state index is 0.102. The molecule has 1 aliphatic carbocycles. The van der Waals surface area contributed by atoms with Crippen molar-refractivity contribution in [2.75, 3.05) is 5.73 Å². The van der Waals surface area contributed by atoms with E-state index < -0.39 is 5.82 Å². The van der Waals surface area contributed by atoms with Gasteiger partial charge in [0, 0.05) is 16.5 Å². The number of Topliss-reactive ketones (excluding diaryl/α,β-unsaturated/α-hetero) is 1. The molecular formula is C11H10BrFN2O. The van der Waals surface area contributed by atoms with Crippen LogP contribution < -0.4 is 11.5 Å². The molecule has 2 rings (SSSR count). The molecule has 4 N–H and O–H groups in total. The Morgan fingerprint density at radius 2 is 1.94 bits per heavy atom. The number of halogens is 2. The van der Waals surface area contributed by atoms with Gasteiger partial charge in [-0.15, -0.1) is 0 Å². The lowest BCUT2D eigenvalue weighted by atomic mass is 10.0. The highest BCUT2D eigenvalue weighted by Crippen LogP contribution is 2.36. The number of nitrogen functional groups attached to an aromatic ring is 1. The smallest absolute Gasteiger partial charge is 0.179 e. The molecule has 1 aromatic rings. The van der Waals surface area contributed by atoms with Gasteiger partial charge in [-0.25, -0.2) is 4.39 Å². The molecule has 0 aliphatic heterocycles. The molecule has 0 atom stereocenters. The van der Waals surface area contributed by atoms with E-state index in [1.807, 2.05) is 0 Å². The zero-order chi connectivity index (χ0) is 11.9. The summed E-state index contributed by atoms with van der Waals surface area (Å²) in [6, 6.07) is 2.59. The molecule has 0 aromatic heterocycles. The molecule has 84 valence electrons. The number of nitrogens with two attached hydrogens (primary N) is 2. The lowest BCUT2D eigenvalue weighted by molar-refractivity contribution is -0.114. The molecule has 1 aromatic carbocycles. The Morgan fingerprint density at radius 1 is 1.25 bits per heavy atom. The summed E-state index contributed by atoms with van der Waals surface area (Å²) in [4.78, 5) is 11.3. The van der Waals surface area contributed by atoms with Crippen molar-refractivity contribution < 1.29 is 9.18 Å². The van der Waals surface area contributed by atoms with E-state index in [0.29, 0.717) is 34.1 Å². The molecule has 0 fully saturated rings. The van der Waals surface area contributed by atoms with Crippen LogP contribution in [0.3, 0.4) is 0 Å². The van der Waals surface area contributed by atoms with E-state index >= 15 is 0 Å². The third-order valence-corrected chi connectivity index (χ3v) is 3.30. The predicted molar refractivity (Wildman–Crippen MR) is 63.9 cm³/mol. The van der Waals surface area contributed by atoms with Crippen molar-refractivity contribution >= 4 is 33.0 Å². The van der Waals surface area contributed by atoms with Crippen molar-refractivity contribution in [3.8, 4) is 0 Å². The van der Waals surface area contributed by atoms with Crippen LogP contribution in [0.25, 0.3) is 5.57 Å². The van der Waals surface area contributed by atoms with Crippen molar-refractivity contribution in [3.05, 3.63) is 33.7 Å². The Hall–Kier alpha value is -1.36. The monoisotopic (exact) mass is 284 g/mol. The molecule has 1 aliphatic rings. The first-order chi connectivity index (χ1) is 7.50. The Morgan fingerprint density at radius 3 is 2.50 bits per heavy atom. The second-order valence-corrected chi connectivity index (χ2v) is 4.52. The van der Waals surface area contributed by atoms with E-state index in [2.05, 4.69) is 15.9 Å². The highest BCUT2D eigenvalue weighted by Gasteiger charge is 2.23. The van der Waals surface area contributed by atoms with E-state index in [1.54, 1.807) is 0 Å². The first-order valence-electron chi connectivity index (χ1n) is 4.77. The fourth-order valence-corrected chi connectivity index (χ4v) is 2.22. The van der Waals surface area contributed by atoms with Gasteiger partial charge in [-0.05, 0) is 40.1 Å². The molecule has 5 heteroatoms. The van der Waals surface area contributed by atoms with E-state index in [1.165, 1.54) is 12.1 Å². The van der Waals surface area contributed by atoms with Gasteiger partial charge in [0.2, 0.25) is 0 Å². The number of rotatable bonds is 1. The topological polar surface area (TPSA) is 69.1 Å². The second kappa shape index (κ2) is 3.90. The maximum Gasteiger partial charge on any atom is 0.179 e. The summed E-state index contributed by atoms with van der Waals surface area (Å²) in [5, 5.41) is 0. The molecule has 0 unspecified atom stereocenters. The first-order valence-corrected chi connectivity index (χ1v) is 5.56. The molecule has 0 saturated heterocycles. The largest absolute Gasteiger partial charge is 0.397 e. The summed E-state index contributed by atoms with van der Waals surface area (Å²) in [5.41, 5.74) is 13.2. The number of carbonyl (C=O) groups excluding carboxylic acids is 1. The zero-order valence-corrected chi connectivity index (χ0v) is 9.97. The SMILES string of the molecule is NC1=C(c2cc(F)cc(Br)c2N)CCC1=O. The summed E-state index contributed by atoms with van der Waals surface area (Å²) >= 11 is 3.17. The van der Waals surface area contributed by atoms with Crippen LogP contribution in [0, 0.1) is 5.82 Å². The third kappa shape index (κ3) is 1.71. The molecular weight excluding hydrogens is 275 g/mol. The van der Waals surface area contributed by atoms with Crippen LogP contribution >= 0.6 is 15.9 Å². The highest BCUT2D eigenvalue weighted by molar-refractivity contribution is 9.10. The average Bonchev–Trinajstić information content (AvgIpc) is 2.54. The fraction of sp³-hybridized carbons (Fsp3) is 0.182. The van der Waals surface area contributed by atoms with Crippen molar-refractivity contribution in [2.45, 2.75) is 12.8 Å². The Kier molecular flexibility index (Phi) is 2.71. The van der Waals surface area contributed by atoms with Gasteiger partial charge in [0.05, 0.1) is 11.4 Å². The van der Waals surface area contributed by atoms with Gasteiger partial charge in [0.15, 0.2) is 5.78 Å². The van der Waals surface area contributed by atoms with Crippen molar-refractivity contribution in [1.82, 2.24) is 0 Å². The number of allylic oxidation sites excluding steroid dienone is 2. The summed E-state index contributed by atoms with van der Waals surface area (Å²) in [7, 11) is 0. The number of anilines is 1. The average molecular weight is 285 g/mol. The van der Waals surface area contributed by atoms with Gasteiger partial charge < -0.3 is 11.5 Å². The Labute approximate surface area is 100 Å². The summed E-state index contributed by atoms with van der Waals surface area (Å²) in [6.45, 7) is 0. The van der Waals surface area contributed by atoms with Crippen LogP contribution in [-0.2, 0) is 4.79 Å². The molecule has 0 radical (unpaired) electrons. The van der Waals surface area contributed by atoms with Crippen LogP contribution in [0.5, 0.6) is 0 Å². The predicted octanol–water partition coefficient (Wildman–Crippen LogP) is 2.20. The van der Waals surface area contributed by atoms with Gasteiger partial charge in [-0.1, -0.05) is 0 Å². The van der Waals surface area contributed by atoms with Crippen molar-refractivity contribution in [2.24, 2.45) is 5.73 Å². The summed E-state index contributed by atoms with van der Waals surface area (Å²) in [5.74, 6) is -0.509. The minimum atomic E-state index is -0.407. The van der Waals surface area contributed by atoms with Crippen LogP contribution in [-0.4, -0.2) is 5.78 Å². The van der Waals surface area contributed by atoms with E-state index in [-0.39, 0.29) is 11.5 Å². The highest BCUT2D eigenvalue weighted by atomic mass is 79.9. The van der Waals surface area contributed by atoms with Gasteiger partial charge in [0.25, 0.3) is 0 Å². The summed E-state index contributed by atoms with van der Waals surface area (Å²) < 4.78 is 13.7. The Balaban J connectivity index is 2.61. The van der Waals surface area contributed by atoms with Crippen LogP contribution in [0.4, 0.5) is 10.1 Å². The molecule has 0 spiro atoms. The van der Waals surface area contributed by atoms with Gasteiger partial charge in [-0.3, -0.25) is 4.79 Å². The number of benzene rings is 1. The molecule has 3 nitrogen and oxygen atoms in total.